The van der Waals surface area contributed by atoms with Gasteiger partial charge in [0.1, 0.15) is 0 Å². The summed E-state index contributed by atoms with van der Waals surface area (Å²) in [5, 5.41) is 0. The lowest BCUT2D eigenvalue weighted by Gasteiger charge is -2.33. The first-order valence-corrected chi connectivity index (χ1v) is 38.6. The molecule has 362 valence electrons. The van der Waals surface area contributed by atoms with Crippen molar-refractivity contribution in [2.24, 2.45) is 0 Å². The van der Waals surface area contributed by atoms with Crippen LogP contribution in [0.3, 0.4) is 0 Å². The third-order valence-electron chi connectivity index (χ3n) is 15.0. The van der Waals surface area contributed by atoms with Crippen molar-refractivity contribution in [3.8, 4) is 0 Å². The van der Waals surface area contributed by atoms with Crippen LogP contribution >= 0.6 is 0 Å². The summed E-state index contributed by atoms with van der Waals surface area (Å²) in [6.45, 7) is 9.40. The molecule has 0 unspecified atom stereocenters. The van der Waals surface area contributed by atoms with Crippen molar-refractivity contribution in [3.63, 3.8) is 0 Å². The first-order chi connectivity index (χ1) is 29.7. The van der Waals surface area contributed by atoms with Crippen molar-refractivity contribution in [1.82, 2.24) is 0 Å². The van der Waals surface area contributed by atoms with Crippen molar-refractivity contribution in [1.29, 1.82) is 0 Å². The smallest absolute Gasteiger partial charge is 0.0535 e. The molecular formula is C56H122Si4. The predicted octanol–water partition coefficient (Wildman–Crippen LogP) is 19.9. The average Bonchev–Trinajstić information content (AvgIpc) is 3.26. The van der Waals surface area contributed by atoms with E-state index in [4.69, 9.17) is 0 Å². The van der Waals surface area contributed by atoms with Gasteiger partial charge in [0.25, 0.3) is 0 Å². The van der Waals surface area contributed by atoms with Crippen LogP contribution in [0.15, 0.2) is 0 Å². The molecule has 0 aromatic rings. The average molecular weight is 908 g/mol. The van der Waals surface area contributed by atoms with Crippen molar-refractivity contribution < 1.29 is 0 Å². The van der Waals surface area contributed by atoms with Gasteiger partial charge in [-0.1, -0.05) is 358 Å². The van der Waals surface area contributed by atoms with Gasteiger partial charge in [-0.15, -0.1) is 0 Å². The van der Waals surface area contributed by atoms with Crippen molar-refractivity contribution in [2.45, 2.75) is 358 Å². The molecule has 0 rings (SSSR count). The fourth-order valence-electron chi connectivity index (χ4n) is 10.6. The molecule has 0 nitrogen and oxygen atoms in total. The minimum atomic E-state index is -1.11. The van der Waals surface area contributed by atoms with Crippen LogP contribution < -0.4 is 0 Å². The molecule has 0 bridgehead atoms. The second kappa shape index (κ2) is 54.2. The first kappa shape index (κ1) is 60.9. The van der Waals surface area contributed by atoms with Gasteiger partial charge in [0.15, 0.2) is 0 Å². The van der Waals surface area contributed by atoms with Gasteiger partial charge in [0.05, 0.1) is 8.07 Å². The predicted molar refractivity (Wildman–Crippen MR) is 296 cm³/mol. The second-order valence-corrected chi connectivity index (χ2v) is 32.5. The second-order valence-electron chi connectivity index (χ2n) is 21.1. The van der Waals surface area contributed by atoms with E-state index in [0.717, 1.165) is 0 Å². The molecule has 60 heavy (non-hydrogen) atoms. The van der Waals surface area contributed by atoms with Gasteiger partial charge in [-0.3, -0.25) is 0 Å². The molecule has 0 N–H and O–H groups in total. The molecule has 0 aliphatic heterocycles. The fraction of sp³-hybridized carbons (Fsp3) is 1.00. The topological polar surface area (TPSA) is 0 Å². The highest BCUT2D eigenvalue weighted by Gasteiger charge is 2.30. The highest BCUT2D eigenvalue weighted by atomic mass is 28.3. The zero-order valence-corrected chi connectivity index (χ0v) is 48.6. The Balaban J connectivity index is 4.71. The molecule has 0 amide bonds. The summed E-state index contributed by atoms with van der Waals surface area (Å²) in [4.78, 5) is 0. The summed E-state index contributed by atoms with van der Waals surface area (Å²) in [5.41, 5.74) is 0. The van der Waals surface area contributed by atoms with Gasteiger partial charge in [-0.05, 0) is 0 Å². The van der Waals surface area contributed by atoms with Gasteiger partial charge in [-0.25, -0.2) is 0 Å². The van der Waals surface area contributed by atoms with Crippen molar-refractivity contribution in [3.05, 3.63) is 0 Å². The van der Waals surface area contributed by atoms with E-state index in [9.17, 15) is 0 Å². The zero-order valence-electron chi connectivity index (χ0n) is 43.4. The third-order valence-corrected chi connectivity index (χ3v) is 26.6. The van der Waals surface area contributed by atoms with Crippen LogP contribution in [0.4, 0.5) is 0 Å². The minimum Gasteiger partial charge on any atom is -0.0654 e. The number of unbranched alkanes of at least 4 members (excludes halogenated alkanes) is 35. The number of hydrogen-bond acceptors (Lipinski definition) is 0. The monoisotopic (exact) mass is 907 g/mol. The van der Waals surface area contributed by atoms with Crippen LogP contribution in [0.25, 0.3) is 0 Å². The standard InChI is InChI=1S/C56H122Si4/c1-5-9-13-17-21-24-27-30-33-36-40-47-57-50-44-54-60(53-43-39-20-16-12-8-4,55-45-51-58-48-41-37-34-31-28-25-22-18-14-10-6-2)56-46-52-59-49-42-38-35-32-29-26-23-19-15-11-7-3/h5-59H2,1-4H3. The third kappa shape index (κ3) is 48.3. The Morgan fingerprint density at radius 1 is 0.183 bits per heavy atom. The van der Waals surface area contributed by atoms with E-state index < -0.39 is 8.07 Å². The van der Waals surface area contributed by atoms with E-state index in [0.29, 0.717) is 0 Å². The maximum absolute atomic E-state index is 2.39. The molecule has 0 aliphatic rings. The molecule has 0 saturated heterocycles. The largest absolute Gasteiger partial charge is 0.0654 e. The van der Waals surface area contributed by atoms with Gasteiger partial charge in [-0.2, -0.15) is 0 Å². The Morgan fingerprint density at radius 3 is 0.583 bits per heavy atom. The summed E-state index contributed by atoms with van der Waals surface area (Å²) < 4.78 is 0. The summed E-state index contributed by atoms with van der Waals surface area (Å²) >= 11 is 0. The molecular weight excluding hydrogens is 785 g/mol. The van der Waals surface area contributed by atoms with E-state index in [1.165, 1.54) is 199 Å². The molecule has 0 saturated carbocycles. The molecule has 0 spiro atoms. The maximum atomic E-state index is 2.39. The van der Waals surface area contributed by atoms with Crippen molar-refractivity contribution in [2.75, 3.05) is 0 Å². The van der Waals surface area contributed by atoms with E-state index in [2.05, 4.69) is 27.7 Å². The SMILES string of the molecule is CCCCCCCCCCCCC[SiH2]CCC[Si](CCCCCCCC)(CCC[SiH2]CCCCCCCCCCCCC)CCC[SiH2]CCCCCCCCCCCCC. The van der Waals surface area contributed by atoms with Crippen LogP contribution in [-0.4, -0.2) is 36.6 Å². The molecule has 0 aromatic carbocycles. The highest BCUT2D eigenvalue weighted by Crippen LogP contribution is 2.35. The highest BCUT2D eigenvalue weighted by molar-refractivity contribution is 6.80. The fourth-order valence-corrected chi connectivity index (χ4v) is 22.6. The minimum absolute atomic E-state index is 0.194. The molecule has 0 heterocycles. The Labute approximate surface area is 392 Å². The molecule has 4 heteroatoms. The van der Waals surface area contributed by atoms with Gasteiger partial charge in [0.2, 0.25) is 0 Å². The molecule has 0 fully saturated rings. The van der Waals surface area contributed by atoms with Crippen LogP contribution in [-0.2, 0) is 0 Å². The first-order valence-electron chi connectivity index (χ1n) is 29.7. The number of rotatable bonds is 55. The lowest BCUT2D eigenvalue weighted by atomic mass is 10.1. The molecule has 0 atom stereocenters. The Kier molecular flexibility index (Phi) is 55.0. The lowest BCUT2D eigenvalue weighted by molar-refractivity contribution is 0.554. The van der Waals surface area contributed by atoms with E-state index >= 15 is 0 Å². The summed E-state index contributed by atoms with van der Waals surface area (Å²) in [6, 6.07) is 17.1. The summed E-state index contributed by atoms with van der Waals surface area (Å²) in [6.07, 6.45) is 63.6. The lowest BCUT2D eigenvalue weighted by Crippen LogP contribution is -2.34. The van der Waals surface area contributed by atoms with Gasteiger partial charge >= 0.3 is 0 Å². The molecule has 0 aliphatic carbocycles. The van der Waals surface area contributed by atoms with Crippen LogP contribution in [0, 0.1) is 0 Å². The van der Waals surface area contributed by atoms with E-state index in [1.807, 2.05) is 0 Å². The molecule has 0 radical (unpaired) electrons. The quantitative estimate of drug-likeness (QED) is 0.0421. The Morgan fingerprint density at radius 2 is 0.350 bits per heavy atom. The summed E-state index contributed by atoms with van der Waals surface area (Å²) in [7, 11) is -0.532. The Hall–Kier alpha value is 0.868. The van der Waals surface area contributed by atoms with Crippen LogP contribution in [0.1, 0.15) is 297 Å². The Bertz CT molecular complexity index is 659. The van der Waals surface area contributed by atoms with E-state index in [1.54, 1.807) is 131 Å². The van der Waals surface area contributed by atoms with Gasteiger partial charge in [0, 0.05) is 28.6 Å². The summed E-state index contributed by atoms with van der Waals surface area (Å²) in [5.74, 6) is 0. The maximum Gasteiger partial charge on any atom is 0.0535 e. The normalized spacial score (nSPS) is 13.4. The van der Waals surface area contributed by atoms with Crippen LogP contribution in [0.5, 0.6) is 0 Å². The van der Waals surface area contributed by atoms with Crippen molar-refractivity contribution >= 4 is 36.6 Å². The van der Waals surface area contributed by atoms with Crippen LogP contribution in [0.2, 0.25) is 60.4 Å². The van der Waals surface area contributed by atoms with E-state index in [-0.39, 0.29) is 28.6 Å². The molecule has 0 aromatic heterocycles. The van der Waals surface area contributed by atoms with Gasteiger partial charge < -0.3 is 0 Å². The number of hydrogen-bond donors (Lipinski definition) is 0. The zero-order chi connectivity index (χ0) is 43.4.